The van der Waals surface area contributed by atoms with Crippen molar-refractivity contribution in [2.75, 3.05) is 14.1 Å². The minimum Gasteiger partial charge on any atom is -0.222 e. The Morgan fingerprint density at radius 2 is 1.45 bits per heavy atom. The monoisotopic (exact) mass is 500 g/mol. The second-order valence-corrected chi connectivity index (χ2v) is 9.33. The van der Waals surface area contributed by atoms with Crippen LogP contribution in [0.25, 0.3) is 21.1 Å². The Bertz CT molecular complexity index is 1020. The first-order valence-corrected chi connectivity index (χ1v) is 11.6. The van der Waals surface area contributed by atoms with Crippen molar-refractivity contribution >= 4 is 32.4 Å². The number of benzene rings is 2. The van der Waals surface area contributed by atoms with E-state index in [-0.39, 0.29) is 14.5 Å². The fourth-order valence-corrected chi connectivity index (χ4v) is 4.51. The van der Waals surface area contributed by atoms with Crippen LogP contribution < -0.4 is 22.9 Å². The third-order valence-corrected chi connectivity index (χ3v) is 6.04. The van der Waals surface area contributed by atoms with Gasteiger partial charge in [0.15, 0.2) is 0 Å². The van der Waals surface area contributed by atoms with Gasteiger partial charge in [-0.05, 0) is 0 Å². The summed E-state index contributed by atoms with van der Waals surface area (Å²) < 4.78 is 38.4. The average molecular weight is 500 g/mol. The maximum Gasteiger partial charge on any atom is -0.112 e. The first-order valence-electron chi connectivity index (χ1n) is 8.24. The van der Waals surface area contributed by atoms with Crippen molar-refractivity contribution in [3.63, 3.8) is 0 Å². The van der Waals surface area contributed by atoms with Gasteiger partial charge in [0.1, 0.15) is 0 Å². The predicted molar refractivity (Wildman–Crippen MR) is 103 cm³/mol. The molecule has 1 aromatic heterocycles. The van der Waals surface area contributed by atoms with Crippen LogP contribution in [0.2, 0.25) is 5.02 Å². The van der Waals surface area contributed by atoms with Crippen LogP contribution in [0.15, 0.2) is 71.7 Å². The largest absolute Gasteiger partial charge is 0.222 e. The fraction of sp³-hybridized carbons (Fsp3) is 0.100. The summed E-state index contributed by atoms with van der Waals surface area (Å²) in [5.41, 5.74) is 3.58. The van der Waals surface area contributed by atoms with Gasteiger partial charge in [0.25, 0.3) is 0 Å². The predicted octanol–water partition coefficient (Wildman–Crippen LogP) is -0.824. The van der Waals surface area contributed by atoms with E-state index in [1.807, 2.05) is 43.2 Å². The molecule has 0 aliphatic carbocycles. The molecule has 152 valence electrons. The van der Waals surface area contributed by atoms with Crippen LogP contribution in [0.4, 0.5) is 0 Å². The molecule has 29 heavy (non-hydrogen) atoms. The van der Waals surface area contributed by atoms with Crippen molar-refractivity contribution in [2.45, 2.75) is 0 Å². The average Bonchev–Trinajstić information content (AvgIpc) is 2.66. The van der Waals surface area contributed by atoms with Crippen molar-refractivity contribution in [2.24, 2.45) is 4.99 Å². The smallest absolute Gasteiger partial charge is 0.112 e. The van der Waals surface area contributed by atoms with E-state index in [2.05, 4.69) is 48.5 Å². The van der Waals surface area contributed by atoms with Crippen LogP contribution >= 0.6 is 11.6 Å². The molecule has 2 aromatic carbocycles. The van der Waals surface area contributed by atoms with E-state index in [4.69, 9.17) is 35.2 Å². The standard InChI is InChI=1S/C20H18ClN2Se.ClHO4/c1-23(2)14-22-20-18(15-8-10-17(21)11-9-15)12-13-19(24-20)16-6-4-3-5-7-16;2-1(3,4)5/h3-14H,1-2H3;(H,2,3,4,5)/q+1;/p-1. The van der Waals surface area contributed by atoms with Gasteiger partial charge in [0.05, 0.1) is 0 Å². The molecule has 0 unspecified atom stereocenters. The van der Waals surface area contributed by atoms with Gasteiger partial charge in [-0.3, -0.25) is 0 Å². The molecule has 0 saturated carbocycles. The second-order valence-electron chi connectivity index (χ2n) is 5.98. The minimum absolute atomic E-state index is 0.150. The van der Waals surface area contributed by atoms with Gasteiger partial charge in [-0.25, -0.2) is 18.6 Å². The number of rotatable bonds is 3. The molecule has 3 rings (SSSR count). The third-order valence-electron chi connectivity index (χ3n) is 3.46. The molecule has 1 heterocycles. The van der Waals surface area contributed by atoms with E-state index in [1.165, 1.54) is 15.6 Å². The van der Waals surface area contributed by atoms with Crippen molar-refractivity contribution in [3.05, 3.63) is 76.0 Å². The van der Waals surface area contributed by atoms with Gasteiger partial charge < -0.3 is 0 Å². The van der Waals surface area contributed by atoms with E-state index in [1.54, 1.807) is 0 Å². The van der Waals surface area contributed by atoms with E-state index in [9.17, 15) is 0 Å². The summed E-state index contributed by atoms with van der Waals surface area (Å²) in [5, 5.41) is 0.750. The quantitative estimate of drug-likeness (QED) is 0.203. The Hall–Kier alpha value is -1.80. The van der Waals surface area contributed by atoms with Gasteiger partial charge >= 0.3 is 153 Å². The van der Waals surface area contributed by atoms with Crippen LogP contribution in [0.3, 0.4) is 0 Å². The summed E-state index contributed by atoms with van der Waals surface area (Å²) in [6, 6.07) is 22.8. The Kier molecular flexibility index (Phi) is 8.77. The maximum absolute atomic E-state index is 8.49. The van der Waals surface area contributed by atoms with E-state index < -0.39 is 10.2 Å². The SMILES string of the molecule is C[N+](C)=CN=c1[se]c(-c2ccccc2)ccc1-c1ccc(Cl)cc1.[O-][Cl+3]([O-])([O-])[O-]. The van der Waals surface area contributed by atoms with E-state index in [0.717, 1.165) is 14.8 Å². The summed E-state index contributed by atoms with van der Waals surface area (Å²) >= 11 is 6.17. The van der Waals surface area contributed by atoms with Crippen molar-refractivity contribution < 1.29 is 33.5 Å². The summed E-state index contributed by atoms with van der Waals surface area (Å²) in [6.07, 6.45) is 1.87. The Morgan fingerprint density at radius 1 is 0.862 bits per heavy atom. The molecule has 9 heteroatoms. The summed E-state index contributed by atoms with van der Waals surface area (Å²) in [7, 11) is -0.973. The topological polar surface area (TPSA) is 108 Å². The first-order chi connectivity index (χ1) is 13.6. The Morgan fingerprint density at radius 3 is 2.00 bits per heavy atom. The molecule has 0 saturated heterocycles. The molecule has 0 radical (unpaired) electrons. The van der Waals surface area contributed by atoms with Crippen LogP contribution in [0, 0.1) is 10.2 Å². The minimum atomic E-state index is -4.94. The van der Waals surface area contributed by atoms with Crippen molar-refractivity contribution in [1.82, 2.24) is 0 Å². The van der Waals surface area contributed by atoms with Crippen molar-refractivity contribution in [3.8, 4) is 21.1 Å². The molecule has 0 aliphatic heterocycles. The zero-order valence-corrected chi connectivity index (χ0v) is 18.8. The van der Waals surface area contributed by atoms with Gasteiger partial charge in [-0.2, -0.15) is 0 Å². The number of nitrogens with zero attached hydrogens (tertiary/aromatic N) is 2. The second kappa shape index (κ2) is 10.8. The zero-order valence-electron chi connectivity index (χ0n) is 15.6. The summed E-state index contributed by atoms with van der Waals surface area (Å²) in [4.78, 5) is 4.74. The van der Waals surface area contributed by atoms with Crippen LogP contribution in [-0.2, 0) is 0 Å². The van der Waals surface area contributed by atoms with Crippen LogP contribution in [0.5, 0.6) is 0 Å². The van der Waals surface area contributed by atoms with Gasteiger partial charge in [0, 0.05) is 0 Å². The molecular formula is C20H18Cl2N2O4Se. The molecule has 3 aromatic rings. The zero-order chi connectivity index (χ0) is 21.4. The van der Waals surface area contributed by atoms with E-state index in [0.29, 0.717) is 0 Å². The third kappa shape index (κ3) is 8.62. The van der Waals surface area contributed by atoms with Gasteiger partial charge in [0.2, 0.25) is 0 Å². The number of halogens is 2. The van der Waals surface area contributed by atoms with Crippen molar-refractivity contribution in [1.29, 1.82) is 0 Å². The fourth-order valence-electron chi connectivity index (χ4n) is 2.29. The van der Waals surface area contributed by atoms with Gasteiger partial charge in [-0.1, -0.05) is 0 Å². The first kappa shape index (κ1) is 23.5. The Labute approximate surface area is 181 Å². The maximum atomic E-state index is 8.49. The normalized spacial score (nSPS) is 11.5. The molecule has 0 amide bonds. The Balaban J connectivity index is 0.000000537. The van der Waals surface area contributed by atoms with Crippen LogP contribution in [0.1, 0.15) is 0 Å². The molecule has 0 N–H and O–H groups in total. The van der Waals surface area contributed by atoms with E-state index >= 15 is 0 Å². The molecule has 0 atom stereocenters. The molecule has 0 bridgehead atoms. The molecule has 0 fully saturated rings. The molecule has 0 spiro atoms. The summed E-state index contributed by atoms with van der Waals surface area (Å²) in [5.74, 6) is 0. The van der Waals surface area contributed by atoms with Crippen LogP contribution in [-0.4, -0.2) is 39.5 Å². The molecule has 0 aliphatic rings. The summed E-state index contributed by atoms with van der Waals surface area (Å²) in [6.45, 7) is 0. The molecule has 6 nitrogen and oxygen atoms in total. The number of hydrogen-bond acceptors (Lipinski definition) is 4. The van der Waals surface area contributed by atoms with Gasteiger partial charge in [-0.15, -0.1) is 10.2 Å². The number of hydrogen-bond donors (Lipinski definition) is 0. The molecular weight excluding hydrogens is 482 g/mol.